The van der Waals surface area contributed by atoms with Crippen molar-refractivity contribution in [2.75, 3.05) is 19.0 Å². The Balaban J connectivity index is 0.00000135. The van der Waals surface area contributed by atoms with Gasteiger partial charge in [0.25, 0.3) is 11.8 Å². The third kappa shape index (κ3) is 6.91. The van der Waals surface area contributed by atoms with Crippen molar-refractivity contribution in [1.29, 1.82) is 0 Å². The molecule has 0 aromatic heterocycles. The van der Waals surface area contributed by atoms with Crippen LogP contribution in [0.2, 0.25) is 0 Å². The summed E-state index contributed by atoms with van der Waals surface area (Å²) >= 11 is 0. The van der Waals surface area contributed by atoms with Crippen LogP contribution in [0.5, 0.6) is 5.75 Å². The summed E-state index contributed by atoms with van der Waals surface area (Å²) in [6.45, 7) is 6.23. The van der Waals surface area contributed by atoms with Crippen LogP contribution in [0, 0.1) is 6.92 Å². The van der Waals surface area contributed by atoms with Crippen molar-refractivity contribution in [2.24, 2.45) is 0 Å². The minimum Gasteiger partial charge on any atom is -0.490 e. The number of ether oxygens (including phenoxy) is 2. The average molecular weight is 588 g/mol. The topological polar surface area (TPSA) is 97.0 Å². The number of anilines is 1. The van der Waals surface area contributed by atoms with E-state index < -0.39 is 0 Å². The minimum absolute atomic E-state index is 0. The maximum atomic E-state index is 13.5. The van der Waals surface area contributed by atoms with Gasteiger partial charge < -0.3 is 25.0 Å². The summed E-state index contributed by atoms with van der Waals surface area (Å²) in [5.74, 6) is -0.00144. The lowest BCUT2D eigenvalue weighted by molar-refractivity contribution is -0.134. The predicted octanol–water partition coefficient (Wildman–Crippen LogP) is 5.82. The van der Waals surface area contributed by atoms with E-state index in [2.05, 4.69) is 22.8 Å². The number of carbonyl (C=O) groups excluding carboxylic acids is 3. The van der Waals surface area contributed by atoms with E-state index in [0.717, 1.165) is 18.4 Å². The fourth-order valence-electron chi connectivity index (χ4n) is 6.17. The molecule has 2 N–H and O–H groups in total. The molecule has 3 aromatic rings. The third-order valence-electron chi connectivity index (χ3n) is 8.41. The number of rotatable bonds is 5. The highest BCUT2D eigenvalue weighted by Gasteiger charge is 2.39. The summed E-state index contributed by atoms with van der Waals surface area (Å²) in [5, 5.41) is 6.07. The molecule has 43 heavy (non-hydrogen) atoms. The molecule has 0 bridgehead atoms. The Morgan fingerprint density at radius 1 is 0.977 bits per heavy atom. The second-order valence-corrected chi connectivity index (χ2v) is 11.3. The quantitative estimate of drug-likeness (QED) is 0.392. The molecule has 2 heterocycles. The zero-order valence-electron chi connectivity index (χ0n) is 25.4. The zero-order chi connectivity index (χ0) is 30.5. The number of likely N-dealkylation sites (N-methyl/N-ethyl adjacent to an activating group) is 1. The molecule has 6 rings (SSSR count). The Bertz CT molecular complexity index is 1460. The first-order valence-corrected chi connectivity index (χ1v) is 15.3. The molecule has 3 aliphatic rings. The van der Waals surface area contributed by atoms with E-state index in [9.17, 15) is 14.4 Å². The molecule has 0 spiro atoms. The molecular formula is C35H45N3O5. The zero-order valence-corrected chi connectivity index (χ0v) is 25.4. The van der Waals surface area contributed by atoms with Crippen LogP contribution in [-0.2, 0) is 22.4 Å². The first-order chi connectivity index (χ1) is 20.8. The van der Waals surface area contributed by atoms with Gasteiger partial charge in [0.2, 0.25) is 5.91 Å². The molecule has 3 aromatic carbocycles. The SMILES string of the molecule is CC.Cc1ccc(C(=O)Nc2ccc3c(c2)C(=O)N(C)[C@H]2CC[C@@H](CC(=O)NC4Cc5ccccc5C4)O[C@H]2CO3)cc1.[HH].[HH]. The maximum Gasteiger partial charge on any atom is 0.257 e. The third-order valence-corrected chi connectivity index (χ3v) is 8.41. The maximum absolute atomic E-state index is 13.5. The van der Waals surface area contributed by atoms with Crippen molar-refractivity contribution < 1.29 is 26.7 Å². The Morgan fingerprint density at radius 3 is 2.37 bits per heavy atom. The van der Waals surface area contributed by atoms with Crippen molar-refractivity contribution in [1.82, 2.24) is 10.2 Å². The van der Waals surface area contributed by atoms with E-state index in [1.54, 1.807) is 42.3 Å². The average Bonchev–Trinajstić information content (AvgIpc) is 3.42. The number of hydrogen-bond acceptors (Lipinski definition) is 5. The molecule has 2 aliphatic heterocycles. The fraction of sp³-hybridized carbons (Fsp3) is 0.400. The standard InChI is InChI=1S/C33H35N3O5.C2H6.2H2/c1-20-7-9-21(10-8-20)32(38)35-24-11-14-29-27(17-24)33(39)36(2)28-13-12-26(41-30(28)19-40-29)18-31(37)34-25-15-22-5-3-4-6-23(22)16-25;1-2;;/h3-11,14,17,25-26,28,30H,12-13,15-16,18-19H2,1-2H3,(H,34,37)(H,35,38);1-2H3;2*1H/t26-,28-,30-;;;/m0.../s1. The number of benzene rings is 3. The molecule has 1 fully saturated rings. The first kappa shape index (κ1) is 30.3. The molecule has 8 nitrogen and oxygen atoms in total. The fourth-order valence-corrected chi connectivity index (χ4v) is 6.17. The molecule has 1 aliphatic carbocycles. The van der Waals surface area contributed by atoms with Crippen molar-refractivity contribution in [3.05, 3.63) is 94.5 Å². The first-order valence-electron chi connectivity index (χ1n) is 15.3. The van der Waals surface area contributed by atoms with Crippen LogP contribution in [0.3, 0.4) is 0 Å². The summed E-state index contributed by atoms with van der Waals surface area (Å²) < 4.78 is 12.4. The van der Waals surface area contributed by atoms with Crippen LogP contribution in [-0.4, -0.2) is 60.6 Å². The molecule has 3 amide bonds. The van der Waals surface area contributed by atoms with Crippen LogP contribution in [0.1, 0.15) is 73.4 Å². The largest absolute Gasteiger partial charge is 0.490 e. The highest BCUT2D eigenvalue weighted by molar-refractivity contribution is 6.05. The number of amides is 3. The Kier molecular flexibility index (Phi) is 9.46. The van der Waals surface area contributed by atoms with E-state index in [-0.39, 0.29) is 57.9 Å². The van der Waals surface area contributed by atoms with Crippen LogP contribution < -0.4 is 15.4 Å². The van der Waals surface area contributed by atoms with E-state index in [1.807, 2.05) is 45.0 Å². The molecule has 0 saturated carbocycles. The van der Waals surface area contributed by atoms with Crippen LogP contribution in [0.4, 0.5) is 5.69 Å². The molecule has 1 saturated heterocycles. The minimum atomic E-state index is -0.347. The van der Waals surface area contributed by atoms with Crippen LogP contribution >= 0.6 is 0 Å². The summed E-state index contributed by atoms with van der Waals surface area (Å²) in [6, 6.07) is 20.7. The number of nitrogens with zero attached hydrogens (tertiary/aromatic N) is 1. The lowest BCUT2D eigenvalue weighted by Crippen LogP contribution is -2.54. The Hall–Kier alpha value is -4.17. The normalized spacial score (nSPS) is 21.1. The van der Waals surface area contributed by atoms with Gasteiger partial charge in [0.15, 0.2) is 0 Å². The van der Waals surface area contributed by atoms with Crippen LogP contribution in [0.25, 0.3) is 0 Å². The highest BCUT2D eigenvalue weighted by Crippen LogP contribution is 2.33. The van der Waals surface area contributed by atoms with Crippen molar-refractivity contribution in [3.63, 3.8) is 0 Å². The number of hydrogen-bond donors (Lipinski definition) is 2. The molecule has 230 valence electrons. The second-order valence-electron chi connectivity index (χ2n) is 11.3. The van der Waals surface area contributed by atoms with E-state index >= 15 is 0 Å². The summed E-state index contributed by atoms with van der Waals surface area (Å²) in [5.41, 5.74) is 5.13. The van der Waals surface area contributed by atoms with Gasteiger partial charge in [0.05, 0.1) is 24.1 Å². The number of carbonyl (C=O) groups is 3. The number of aryl methyl sites for hydroxylation is 1. The van der Waals surface area contributed by atoms with E-state index in [4.69, 9.17) is 9.47 Å². The number of nitrogens with one attached hydrogen (secondary N) is 2. The van der Waals surface area contributed by atoms with Crippen molar-refractivity contribution in [2.45, 2.75) is 77.2 Å². The Morgan fingerprint density at radius 2 is 1.67 bits per heavy atom. The summed E-state index contributed by atoms with van der Waals surface area (Å²) in [6.07, 6.45) is 2.81. The van der Waals surface area contributed by atoms with Gasteiger partial charge in [-0.1, -0.05) is 55.8 Å². The van der Waals surface area contributed by atoms with Gasteiger partial charge in [0.1, 0.15) is 18.5 Å². The van der Waals surface area contributed by atoms with Gasteiger partial charge in [-0.05, 0) is 74.1 Å². The predicted molar refractivity (Wildman–Crippen MR) is 171 cm³/mol. The lowest BCUT2D eigenvalue weighted by atomic mass is 9.94. The molecule has 8 heteroatoms. The molecule has 0 unspecified atom stereocenters. The molecular weight excluding hydrogens is 542 g/mol. The summed E-state index contributed by atoms with van der Waals surface area (Å²) in [4.78, 5) is 40.9. The smallest absolute Gasteiger partial charge is 0.257 e. The van der Waals surface area contributed by atoms with Crippen LogP contribution in [0.15, 0.2) is 66.7 Å². The van der Waals surface area contributed by atoms with Gasteiger partial charge in [0, 0.05) is 27.2 Å². The van der Waals surface area contributed by atoms with Gasteiger partial charge in [-0.3, -0.25) is 14.4 Å². The van der Waals surface area contributed by atoms with E-state index in [1.165, 1.54) is 11.1 Å². The Labute approximate surface area is 256 Å². The van der Waals surface area contributed by atoms with Gasteiger partial charge in [-0.15, -0.1) is 0 Å². The lowest BCUT2D eigenvalue weighted by Gasteiger charge is -2.42. The number of fused-ring (bicyclic) bond motifs is 3. The van der Waals surface area contributed by atoms with Gasteiger partial charge in [-0.25, -0.2) is 0 Å². The second kappa shape index (κ2) is 13.4. The highest BCUT2D eigenvalue weighted by atomic mass is 16.5. The van der Waals surface area contributed by atoms with Crippen molar-refractivity contribution >= 4 is 23.4 Å². The summed E-state index contributed by atoms with van der Waals surface area (Å²) in [7, 11) is 1.78. The molecule has 0 radical (unpaired) electrons. The van der Waals surface area contributed by atoms with Gasteiger partial charge >= 0.3 is 0 Å². The molecule has 3 atom stereocenters. The van der Waals surface area contributed by atoms with E-state index in [0.29, 0.717) is 35.4 Å². The monoisotopic (exact) mass is 587 g/mol. The van der Waals surface area contributed by atoms with Crippen molar-refractivity contribution in [3.8, 4) is 5.75 Å². The van der Waals surface area contributed by atoms with Gasteiger partial charge in [-0.2, -0.15) is 0 Å².